The smallest absolute Gasteiger partial charge is 0.228 e. The maximum absolute atomic E-state index is 6.33. The Hall–Kier alpha value is -1.10. The van der Waals surface area contributed by atoms with Crippen LogP contribution in [0.15, 0.2) is 22.7 Å². The molecule has 0 saturated heterocycles. The molecule has 1 fully saturated rings. The van der Waals surface area contributed by atoms with Crippen molar-refractivity contribution in [1.82, 2.24) is 10.1 Å². The summed E-state index contributed by atoms with van der Waals surface area (Å²) in [7, 11) is 0. The topological polar surface area (TPSA) is 64.9 Å². The minimum Gasteiger partial charge on any atom is -0.339 e. The van der Waals surface area contributed by atoms with Crippen LogP contribution in [0.3, 0.4) is 0 Å². The van der Waals surface area contributed by atoms with Crippen molar-refractivity contribution in [3.8, 4) is 0 Å². The average molecular weight is 326 g/mol. The lowest BCUT2D eigenvalue weighted by Gasteiger charge is -2.20. The van der Waals surface area contributed by atoms with Gasteiger partial charge < -0.3 is 10.3 Å². The molecule has 0 aliphatic heterocycles. The SMILES string of the molecule is NC1(Cc2nc(Cc3ccc(Cl)cc3Cl)no2)CCCC1. The molecule has 0 atom stereocenters. The molecule has 6 heteroatoms. The Bertz CT molecular complexity index is 636. The van der Waals surface area contributed by atoms with E-state index in [0.717, 1.165) is 18.4 Å². The van der Waals surface area contributed by atoms with E-state index < -0.39 is 0 Å². The molecule has 1 aliphatic rings. The maximum atomic E-state index is 6.33. The number of halogens is 2. The summed E-state index contributed by atoms with van der Waals surface area (Å²) in [5.74, 6) is 1.23. The molecule has 1 aliphatic carbocycles. The third-order valence-electron chi connectivity index (χ3n) is 3.98. The van der Waals surface area contributed by atoms with Gasteiger partial charge in [-0.3, -0.25) is 0 Å². The molecule has 0 bridgehead atoms. The number of nitrogens with two attached hydrogens (primary N) is 1. The van der Waals surface area contributed by atoms with Crippen molar-refractivity contribution in [3.05, 3.63) is 45.5 Å². The summed E-state index contributed by atoms with van der Waals surface area (Å²) in [6.45, 7) is 0. The van der Waals surface area contributed by atoms with Crippen molar-refractivity contribution in [1.29, 1.82) is 0 Å². The largest absolute Gasteiger partial charge is 0.339 e. The molecule has 3 rings (SSSR count). The number of hydrogen-bond acceptors (Lipinski definition) is 4. The molecule has 1 aromatic heterocycles. The summed E-state index contributed by atoms with van der Waals surface area (Å²) < 4.78 is 5.32. The molecule has 1 saturated carbocycles. The molecule has 1 heterocycles. The van der Waals surface area contributed by atoms with Gasteiger partial charge in [0.25, 0.3) is 0 Å². The Kier molecular flexibility index (Phi) is 4.20. The van der Waals surface area contributed by atoms with E-state index in [-0.39, 0.29) is 5.54 Å². The van der Waals surface area contributed by atoms with Crippen molar-refractivity contribution in [2.45, 2.75) is 44.1 Å². The number of aromatic nitrogens is 2. The normalized spacial score (nSPS) is 17.3. The molecule has 0 amide bonds. The van der Waals surface area contributed by atoms with Gasteiger partial charge in [0.1, 0.15) is 0 Å². The van der Waals surface area contributed by atoms with Gasteiger partial charge in [-0.1, -0.05) is 47.3 Å². The van der Waals surface area contributed by atoms with E-state index in [1.54, 1.807) is 12.1 Å². The molecule has 0 unspecified atom stereocenters. The maximum Gasteiger partial charge on any atom is 0.228 e. The van der Waals surface area contributed by atoms with Gasteiger partial charge in [0, 0.05) is 28.4 Å². The molecule has 2 aromatic rings. The highest BCUT2D eigenvalue weighted by atomic mass is 35.5. The molecular weight excluding hydrogens is 309 g/mol. The Labute approximate surface area is 133 Å². The highest BCUT2D eigenvalue weighted by Crippen LogP contribution is 2.30. The van der Waals surface area contributed by atoms with Crippen molar-refractivity contribution in [2.75, 3.05) is 0 Å². The van der Waals surface area contributed by atoms with E-state index in [2.05, 4.69) is 10.1 Å². The first-order chi connectivity index (χ1) is 10.0. The Morgan fingerprint density at radius 3 is 2.71 bits per heavy atom. The van der Waals surface area contributed by atoms with Gasteiger partial charge in [-0.25, -0.2) is 0 Å². The van der Waals surface area contributed by atoms with E-state index in [9.17, 15) is 0 Å². The highest BCUT2D eigenvalue weighted by Gasteiger charge is 2.31. The predicted octanol–water partition coefficient (Wildman–Crippen LogP) is 3.78. The monoisotopic (exact) mass is 325 g/mol. The standard InChI is InChI=1S/C15H17Cl2N3O/c16-11-4-3-10(12(17)8-11)7-13-19-14(21-20-13)9-15(18)5-1-2-6-15/h3-4,8H,1-2,5-7,9,18H2. The summed E-state index contributed by atoms with van der Waals surface area (Å²) in [4.78, 5) is 4.43. The molecule has 2 N–H and O–H groups in total. The highest BCUT2D eigenvalue weighted by molar-refractivity contribution is 6.35. The lowest BCUT2D eigenvalue weighted by atomic mass is 9.95. The number of nitrogens with zero attached hydrogens (tertiary/aromatic N) is 2. The van der Waals surface area contributed by atoms with Gasteiger partial charge in [0.15, 0.2) is 5.82 Å². The second kappa shape index (κ2) is 5.95. The first-order valence-corrected chi connectivity index (χ1v) is 7.84. The number of rotatable bonds is 4. The quantitative estimate of drug-likeness (QED) is 0.928. The van der Waals surface area contributed by atoms with Crippen LogP contribution >= 0.6 is 23.2 Å². The Morgan fingerprint density at radius 2 is 2.00 bits per heavy atom. The molecule has 21 heavy (non-hydrogen) atoms. The second-order valence-electron chi connectivity index (χ2n) is 5.76. The summed E-state index contributed by atoms with van der Waals surface area (Å²) in [5, 5.41) is 5.24. The van der Waals surface area contributed by atoms with E-state index in [0.29, 0.717) is 34.6 Å². The molecule has 0 spiro atoms. The van der Waals surface area contributed by atoms with E-state index in [1.165, 1.54) is 12.8 Å². The molecule has 4 nitrogen and oxygen atoms in total. The van der Waals surface area contributed by atoms with Crippen molar-refractivity contribution in [2.24, 2.45) is 5.73 Å². The zero-order valence-electron chi connectivity index (χ0n) is 11.6. The summed E-state index contributed by atoms with van der Waals surface area (Å²) in [6, 6.07) is 5.39. The van der Waals surface area contributed by atoms with Crippen LogP contribution in [-0.2, 0) is 12.8 Å². The fourth-order valence-electron chi connectivity index (χ4n) is 2.83. The fraction of sp³-hybridized carbons (Fsp3) is 0.467. The average Bonchev–Trinajstić information content (AvgIpc) is 3.03. The van der Waals surface area contributed by atoms with Crippen molar-refractivity contribution < 1.29 is 4.52 Å². The first kappa shape index (κ1) is 14.8. The zero-order valence-corrected chi connectivity index (χ0v) is 13.1. The molecule has 112 valence electrons. The summed E-state index contributed by atoms with van der Waals surface area (Å²) in [6.07, 6.45) is 5.57. The van der Waals surface area contributed by atoms with Gasteiger partial charge in [-0.05, 0) is 30.5 Å². The van der Waals surface area contributed by atoms with Crippen LogP contribution < -0.4 is 5.73 Å². The lowest BCUT2D eigenvalue weighted by Crippen LogP contribution is -2.38. The zero-order chi connectivity index (χ0) is 14.9. The van der Waals surface area contributed by atoms with Crippen LogP contribution in [0, 0.1) is 0 Å². The van der Waals surface area contributed by atoms with Crippen molar-refractivity contribution >= 4 is 23.2 Å². The van der Waals surface area contributed by atoms with Crippen LogP contribution in [0.4, 0.5) is 0 Å². The van der Waals surface area contributed by atoms with Crippen molar-refractivity contribution in [3.63, 3.8) is 0 Å². The van der Waals surface area contributed by atoms with Crippen LogP contribution in [0.25, 0.3) is 0 Å². The van der Waals surface area contributed by atoms with Gasteiger partial charge in [0.2, 0.25) is 5.89 Å². The first-order valence-electron chi connectivity index (χ1n) is 7.08. The van der Waals surface area contributed by atoms with Crippen LogP contribution in [0.2, 0.25) is 10.0 Å². The van der Waals surface area contributed by atoms with Crippen LogP contribution in [0.5, 0.6) is 0 Å². The van der Waals surface area contributed by atoms with E-state index >= 15 is 0 Å². The minimum absolute atomic E-state index is 0.179. The van der Waals surface area contributed by atoms with Gasteiger partial charge >= 0.3 is 0 Å². The molecule has 1 aromatic carbocycles. The number of hydrogen-bond donors (Lipinski definition) is 1. The van der Waals surface area contributed by atoms with E-state index in [1.807, 2.05) is 6.07 Å². The fourth-order valence-corrected chi connectivity index (χ4v) is 3.30. The summed E-state index contributed by atoms with van der Waals surface area (Å²) >= 11 is 12.0. The third kappa shape index (κ3) is 3.57. The van der Waals surface area contributed by atoms with E-state index in [4.69, 9.17) is 33.5 Å². The number of benzene rings is 1. The third-order valence-corrected chi connectivity index (χ3v) is 4.56. The summed E-state index contributed by atoms with van der Waals surface area (Å²) in [5.41, 5.74) is 7.08. The van der Waals surface area contributed by atoms with Gasteiger partial charge in [-0.2, -0.15) is 4.98 Å². The predicted molar refractivity (Wildman–Crippen MR) is 82.7 cm³/mol. The lowest BCUT2D eigenvalue weighted by molar-refractivity contribution is 0.327. The van der Waals surface area contributed by atoms with Gasteiger partial charge in [0.05, 0.1) is 0 Å². The van der Waals surface area contributed by atoms with Crippen LogP contribution in [0.1, 0.15) is 43.0 Å². The molecular formula is C15H17Cl2N3O. The van der Waals surface area contributed by atoms with Gasteiger partial charge in [-0.15, -0.1) is 0 Å². The Balaban J connectivity index is 1.70. The second-order valence-corrected chi connectivity index (χ2v) is 6.61. The minimum atomic E-state index is -0.179. The Morgan fingerprint density at radius 1 is 1.24 bits per heavy atom. The van der Waals surface area contributed by atoms with Crippen LogP contribution in [-0.4, -0.2) is 15.7 Å². The molecule has 0 radical (unpaired) electrons.